The van der Waals surface area contributed by atoms with Crippen LogP contribution in [0.5, 0.6) is 0 Å². The highest BCUT2D eigenvalue weighted by atomic mass is 19.3. The summed E-state index contributed by atoms with van der Waals surface area (Å²) in [4.78, 5) is 3.45. The van der Waals surface area contributed by atoms with E-state index in [0.717, 1.165) is 0 Å². The molecule has 0 N–H and O–H groups in total. The Bertz CT molecular complexity index is 143. The lowest BCUT2D eigenvalue weighted by molar-refractivity contribution is -0.0593. The van der Waals surface area contributed by atoms with Gasteiger partial charge < -0.3 is 4.74 Å². The van der Waals surface area contributed by atoms with Gasteiger partial charge in [0, 0.05) is 7.05 Å². The van der Waals surface area contributed by atoms with Crippen molar-refractivity contribution in [2.75, 3.05) is 7.05 Å². The zero-order valence-electron chi connectivity index (χ0n) is 5.84. The van der Waals surface area contributed by atoms with E-state index in [9.17, 15) is 8.78 Å². The molecule has 4 heteroatoms. The van der Waals surface area contributed by atoms with Crippen LogP contribution in [0.1, 0.15) is 6.92 Å². The molecule has 0 saturated carbocycles. The SMILES string of the molecule is CC=CC(=NC)OC(F)F. The molecule has 0 aliphatic carbocycles. The van der Waals surface area contributed by atoms with Crippen molar-refractivity contribution < 1.29 is 13.5 Å². The molecular weight excluding hydrogens is 140 g/mol. The second-order valence-electron chi connectivity index (χ2n) is 1.44. The first-order valence-corrected chi connectivity index (χ1v) is 2.75. The van der Waals surface area contributed by atoms with Gasteiger partial charge in [0.15, 0.2) is 0 Å². The van der Waals surface area contributed by atoms with E-state index in [2.05, 4.69) is 9.73 Å². The fraction of sp³-hybridized carbons (Fsp3) is 0.500. The molecule has 0 heterocycles. The van der Waals surface area contributed by atoms with Crippen molar-refractivity contribution in [3.8, 4) is 0 Å². The van der Waals surface area contributed by atoms with Crippen LogP contribution in [0.25, 0.3) is 0 Å². The Kier molecular flexibility index (Phi) is 4.45. The van der Waals surface area contributed by atoms with Crippen molar-refractivity contribution in [2.45, 2.75) is 13.5 Å². The predicted molar refractivity (Wildman–Crippen MR) is 35.3 cm³/mol. The molecule has 0 radical (unpaired) electrons. The summed E-state index contributed by atoms with van der Waals surface area (Å²) in [5, 5.41) is 0. The Balaban J connectivity index is 3.86. The number of alkyl halides is 2. The van der Waals surface area contributed by atoms with Crippen LogP contribution in [0.4, 0.5) is 8.78 Å². The van der Waals surface area contributed by atoms with Crippen molar-refractivity contribution in [2.24, 2.45) is 4.99 Å². The molecule has 0 aromatic carbocycles. The van der Waals surface area contributed by atoms with Crippen LogP contribution in [0, 0.1) is 0 Å². The molecule has 0 amide bonds. The van der Waals surface area contributed by atoms with Crippen molar-refractivity contribution in [1.29, 1.82) is 0 Å². The number of hydrogen-bond acceptors (Lipinski definition) is 2. The Morgan fingerprint density at radius 2 is 2.20 bits per heavy atom. The summed E-state index contributed by atoms with van der Waals surface area (Å²) in [7, 11) is 1.39. The number of rotatable bonds is 2. The van der Waals surface area contributed by atoms with E-state index in [1.54, 1.807) is 13.0 Å². The highest BCUT2D eigenvalue weighted by Crippen LogP contribution is 1.96. The topological polar surface area (TPSA) is 21.6 Å². The first-order chi connectivity index (χ1) is 4.70. The molecule has 0 fully saturated rings. The minimum absolute atomic E-state index is 0.0579. The fourth-order valence-electron chi connectivity index (χ4n) is 0.400. The van der Waals surface area contributed by atoms with Gasteiger partial charge in [0.1, 0.15) is 0 Å². The summed E-state index contributed by atoms with van der Waals surface area (Å²) in [6.45, 7) is -1.10. The average molecular weight is 149 g/mol. The number of nitrogens with zero attached hydrogens (tertiary/aromatic N) is 1. The second kappa shape index (κ2) is 4.90. The molecule has 0 unspecified atom stereocenters. The number of hydrogen-bond donors (Lipinski definition) is 0. The maximum Gasteiger partial charge on any atom is 0.388 e. The molecule has 2 nitrogen and oxygen atoms in total. The maximum atomic E-state index is 11.5. The first kappa shape index (κ1) is 9.07. The maximum absolute atomic E-state index is 11.5. The summed E-state index contributed by atoms with van der Waals surface area (Å²) in [5.74, 6) is -0.0579. The van der Waals surface area contributed by atoms with Gasteiger partial charge in [0.25, 0.3) is 0 Å². The van der Waals surface area contributed by atoms with Crippen molar-refractivity contribution >= 4 is 5.90 Å². The summed E-state index contributed by atoms with van der Waals surface area (Å²) >= 11 is 0. The Morgan fingerprint density at radius 3 is 2.50 bits per heavy atom. The highest BCUT2D eigenvalue weighted by Gasteiger charge is 2.03. The minimum atomic E-state index is -2.80. The second-order valence-corrected chi connectivity index (χ2v) is 1.44. The van der Waals surface area contributed by atoms with Gasteiger partial charge in [0.05, 0.1) is 0 Å². The molecular formula is C6H9F2NO. The van der Waals surface area contributed by atoms with Crippen molar-refractivity contribution in [3.05, 3.63) is 12.2 Å². The Hall–Kier alpha value is -0.930. The molecule has 0 spiro atoms. The van der Waals surface area contributed by atoms with Gasteiger partial charge in [-0.3, -0.25) is 4.99 Å². The summed E-state index contributed by atoms with van der Waals surface area (Å²) in [5.41, 5.74) is 0. The van der Waals surface area contributed by atoms with Crippen molar-refractivity contribution in [3.63, 3.8) is 0 Å². The van der Waals surface area contributed by atoms with Gasteiger partial charge in [-0.2, -0.15) is 8.78 Å². The third kappa shape index (κ3) is 4.00. The molecule has 58 valence electrons. The standard InChI is InChI=1S/C6H9F2NO/c1-3-4-5(9-2)10-6(7)8/h3-4,6H,1-2H3. The zero-order chi connectivity index (χ0) is 7.98. The monoisotopic (exact) mass is 149 g/mol. The van der Waals surface area contributed by atoms with E-state index in [-0.39, 0.29) is 5.90 Å². The number of allylic oxidation sites excluding steroid dienone is 1. The fourth-order valence-corrected chi connectivity index (χ4v) is 0.400. The molecule has 0 atom stereocenters. The lowest BCUT2D eigenvalue weighted by atomic mass is 10.5. The quantitative estimate of drug-likeness (QED) is 0.433. The van der Waals surface area contributed by atoms with E-state index in [1.165, 1.54) is 13.1 Å². The average Bonchev–Trinajstić information content (AvgIpc) is 1.86. The Morgan fingerprint density at radius 1 is 1.60 bits per heavy atom. The zero-order valence-corrected chi connectivity index (χ0v) is 5.84. The molecule has 0 bridgehead atoms. The normalized spacial score (nSPS) is 13.1. The minimum Gasteiger partial charge on any atom is -0.417 e. The highest BCUT2D eigenvalue weighted by molar-refractivity contribution is 5.87. The third-order valence-corrected chi connectivity index (χ3v) is 0.739. The molecule has 0 saturated heterocycles. The van der Waals surface area contributed by atoms with Crippen LogP contribution in [0.3, 0.4) is 0 Å². The Labute approximate surface area is 58.2 Å². The smallest absolute Gasteiger partial charge is 0.388 e. The lowest BCUT2D eigenvalue weighted by Gasteiger charge is -2.00. The van der Waals surface area contributed by atoms with Gasteiger partial charge in [0.2, 0.25) is 5.90 Å². The van der Waals surface area contributed by atoms with Crippen LogP contribution in [0.15, 0.2) is 17.1 Å². The van der Waals surface area contributed by atoms with Crippen LogP contribution < -0.4 is 0 Å². The van der Waals surface area contributed by atoms with Gasteiger partial charge in [-0.25, -0.2) is 0 Å². The van der Waals surface area contributed by atoms with E-state index in [1.807, 2.05) is 0 Å². The lowest BCUT2D eigenvalue weighted by Crippen LogP contribution is -2.06. The van der Waals surface area contributed by atoms with E-state index < -0.39 is 6.61 Å². The molecule has 0 aliphatic rings. The van der Waals surface area contributed by atoms with Crippen LogP contribution in [0.2, 0.25) is 0 Å². The van der Waals surface area contributed by atoms with Gasteiger partial charge in [-0.05, 0) is 13.0 Å². The largest absolute Gasteiger partial charge is 0.417 e. The number of ether oxygens (including phenoxy) is 1. The summed E-state index contributed by atoms with van der Waals surface area (Å²) in [6, 6.07) is 0. The molecule has 10 heavy (non-hydrogen) atoms. The van der Waals surface area contributed by atoms with Crippen LogP contribution in [-0.2, 0) is 4.74 Å². The van der Waals surface area contributed by atoms with Crippen molar-refractivity contribution in [1.82, 2.24) is 0 Å². The van der Waals surface area contributed by atoms with E-state index in [0.29, 0.717) is 0 Å². The van der Waals surface area contributed by atoms with Gasteiger partial charge in [-0.15, -0.1) is 0 Å². The van der Waals surface area contributed by atoms with Crippen LogP contribution in [-0.4, -0.2) is 19.6 Å². The first-order valence-electron chi connectivity index (χ1n) is 2.75. The molecule has 0 rings (SSSR count). The van der Waals surface area contributed by atoms with E-state index >= 15 is 0 Å². The predicted octanol–water partition coefficient (Wildman–Crippen LogP) is 1.83. The van der Waals surface area contributed by atoms with Gasteiger partial charge >= 0.3 is 6.61 Å². The van der Waals surface area contributed by atoms with Crippen LogP contribution >= 0.6 is 0 Å². The molecule has 0 aliphatic heterocycles. The number of aliphatic imine (C=N–C) groups is 1. The number of halogens is 2. The summed E-state index contributed by atoms with van der Waals surface area (Å²) < 4.78 is 26.9. The van der Waals surface area contributed by atoms with Gasteiger partial charge in [-0.1, -0.05) is 6.08 Å². The third-order valence-electron chi connectivity index (χ3n) is 0.739. The summed E-state index contributed by atoms with van der Waals surface area (Å²) in [6.07, 6.45) is 2.94. The molecule has 0 aromatic heterocycles. The van der Waals surface area contributed by atoms with E-state index in [4.69, 9.17) is 0 Å². The molecule has 0 aromatic rings.